The minimum atomic E-state index is 0.111. The van der Waals surface area contributed by atoms with Gasteiger partial charge in [0.05, 0.1) is 25.2 Å². The van der Waals surface area contributed by atoms with Crippen LogP contribution in [0.4, 0.5) is 0 Å². The molecule has 0 spiro atoms. The van der Waals surface area contributed by atoms with Gasteiger partial charge in [-0.2, -0.15) is 0 Å². The molecular weight excluding hydrogens is 412 g/mol. The van der Waals surface area contributed by atoms with E-state index in [9.17, 15) is 4.79 Å². The maximum Gasteiger partial charge on any atom is 0.254 e. The van der Waals surface area contributed by atoms with Gasteiger partial charge in [-0.3, -0.25) is 9.69 Å². The lowest BCUT2D eigenvalue weighted by Crippen LogP contribution is -2.50. The molecule has 1 amide bonds. The van der Waals surface area contributed by atoms with Crippen LogP contribution in [0.1, 0.15) is 27.7 Å². The molecule has 0 bridgehead atoms. The fourth-order valence-corrected chi connectivity index (χ4v) is 4.69. The molecule has 0 radical (unpaired) electrons. The van der Waals surface area contributed by atoms with Gasteiger partial charge in [-0.15, -0.1) is 0 Å². The van der Waals surface area contributed by atoms with Crippen molar-refractivity contribution in [2.45, 2.75) is 12.5 Å². The molecule has 6 nitrogen and oxygen atoms in total. The number of H-pyrrole nitrogens is 1. The van der Waals surface area contributed by atoms with E-state index in [1.54, 1.807) is 13.4 Å². The van der Waals surface area contributed by atoms with Crippen LogP contribution in [0.3, 0.4) is 0 Å². The van der Waals surface area contributed by atoms with Crippen molar-refractivity contribution in [1.82, 2.24) is 19.8 Å². The van der Waals surface area contributed by atoms with Crippen LogP contribution in [-0.2, 0) is 6.42 Å². The zero-order valence-electron chi connectivity index (χ0n) is 18.8. The predicted octanol–water partition coefficient (Wildman–Crippen LogP) is 4.31. The number of ether oxygens (including phenoxy) is 1. The molecule has 6 heteroatoms. The lowest BCUT2D eigenvalue weighted by molar-refractivity contribution is 0.0564. The quantitative estimate of drug-likeness (QED) is 0.485. The number of imidazole rings is 1. The SMILES string of the molecule is COc1ccc(CC(c2cnc[nH]2)N2CCN(C(=O)c3cccc4ccccc34)CC2)cc1. The number of piperazine rings is 1. The Kier molecular flexibility index (Phi) is 6.09. The number of fused-ring (bicyclic) bond motifs is 1. The Morgan fingerprint density at radius 2 is 1.76 bits per heavy atom. The van der Waals surface area contributed by atoms with Gasteiger partial charge in [0.15, 0.2) is 0 Å². The third-order valence-corrected chi connectivity index (χ3v) is 6.53. The minimum absolute atomic E-state index is 0.111. The second-order valence-corrected chi connectivity index (χ2v) is 8.43. The molecule has 1 aromatic heterocycles. The summed E-state index contributed by atoms with van der Waals surface area (Å²) < 4.78 is 5.30. The number of amides is 1. The van der Waals surface area contributed by atoms with E-state index < -0.39 is 0 Å². The fraction of sp³-hybridized carbons (Fsp3) is 0.259. The molecule has 0 saturated carbocycles. The van der Waals surface area contributed by atoms with Gasteiger partial charge in [-0.1, -0.05) is 48.5 Å². The summed E-state index contributed by atoms with van der Waals surface area (Å²) in [5.41, 5.74) is 3.12. The molecule has 5 rings (SSSR count). The highest BCUT2D eigenvalue weighted by Gasteiger charge is 2.29. The summed E-state index contributed by atoms with van der Waals surface area (Å²) in [4.78, 5) is 25.3. The molecule has 4 aromatic rings. The maximum absolute atomic E-state index is 13.3. The van der Waals surface area contributed by atoms with Crippen molar-refractivity contribution in [2.24, 2.45) is 0 Å². The van der Waals surface area contributed by atoms with Crippen LogP contribution in [0.25, 0.3) is 10.8 Å². The zero-order valence-corrected chi connectivity index (χ0v) is 18.8. The molecule has 1 aliphatic heterocycles. The smallest absolute Gasteiger partial charge is 0.254 e. The van der Waals surface area contributed by atoms with Crippen LogP contribution >= 0.6 is 0 Å². The van der Waals surface area contributed by atoms with Crippen molar-refractivity contribution in [3.8, 4) is 5.75 Å². The molecule has 1 aliphatic rings. The van der Waals surface area contributed by atoms with E-state index in [0.29, 0.717) is 13.1 Å². The Labute approximate surface area is 193 Å². The van der Waals surface area contributed by atoms with Gasteiger partial charge < -0.3 is 14.6 Å². The van der Waals surface area contributed by atoms with E-state index in [0.717, 1.165) is 47.3 Å². The second-order valence-electron chi connectivity index (χ2n) is 8.43. The second kappa shape index (κ2) is 9.46. The minimum Gasteiger partial charge on any atom is -0.497 e. The maximum atomic E-state index is 13.3. The highest BCUT2D eigenvalue weighted by Crippen LogP contribution is 2.27. The first kappa shape index (κ1) is 21.2. The number of benzene rings is 3. The molecule has 168 valence electrons. The Morgan fingerprint density at radius 3 is 2.48 bits per heavy atom. The van der Waals surface area contributed by atoms with Gasteiger partial charge in [0.25, 0.3) is 5.91 Å². The van der Waals surface area contributed by atoms with Crippen LogP contribution in [0.5, 0.6) is 5.75 Å². The number of rotatable bonds is 6. The lowest BCUT2D eigenvalue weighted by Gasteiger charge is -2.39. The molecule has 0 aliphatic carbocycles. The number of nitrogens with zero attached hydrogens (tertiary/aromatic N) is 3. The Balaban J connectivity index is 1.31. The number of hydrogen-bond donors (Lipinski definition) is 1. The molecule has 33 heavy (non-hydrogen) atoms. The average Bonchev–Trinajstić information content (AvgIpc) is 3.42. The number of aromatic amines is 1. The normalized spacial score (nSPS) is 15.5. The van der Waals surface area contributed by atoms with E-state index in [1.165, 1.54) is 5.56 Å². The first-order valence-electron chi connectivity index (χ1n) is 11.4. The summed E-state index contributed by atoms with van der Waals surface area (Å²) >= 11 is 0. The molecule has 1 N–H and O–H groups in total. The number of carbonyl (C=O) groups excluding carboxylic acids is 1. The van der Waals surface area contributed by atoms with Crippen LogP contribution in [0.2, 0.25) is 0 Å². The molecule has 1 unspecified atom stereocenters. The number of methoxy groups -OCH3 is 1. The fourth-order valence-electron chi connectivity index (χ4n) is 4.69. The third-order valence-electron chi connectivity index (χ3n) is 6.53. The molecule has 2 heterocycles. The van der Waals surface area contributed by atoms with Crippen molar-refractivity contribution < 1.29 is 9.53 Å². The topological polar surface area (TPSA) is 61.5 Å². The van der Waals surface area contributed by atoms with Crippen LogP contribution < -0.4 is 4.74 Å². The Morgan fingerprint density at radius 1 is 1.00 bits per heavy atom. The Hall–Kier alpha value is -3.64. The monoisotopic (exact) mass is 440 g/mol. The summed E-state index contributed by atoms with van der Waals surface area (Å²) in [6.07, 6.45) is 4.50. The van der Waals surface area contributed by atoms with E-state index in [-0.39, 0.29) is 11.9 Å². The van der Waals surface area contributed by atoms with Gasteiger partial charge in [-0.05, 0) is 41.0 Å². The third kappa shape index (κ3) is 4.47. The van der Waals surface area contributed by atoms with Crippen molar-refractivity contribution in [3.63, 3.8) is 0 Å². The molecular formula is C27H28N4O2. The van der Waals surface area contributed by atoms with Crippen LogP contribution in [-0.4, -0.2) is 59.0 Å². The lowest BCUT2D eigenvalue weighted by atomic mass is 10.0. The summed E-state index contributed by atoms with van der Waals surface area (Å²) in [7, 11) is 1.68. The van der Waals surface area contributed by atoms with E-state index in [1.807, 2.05) is 53.6 Å². The summed E-state index contributed by atoms with van der Waals surface area (Å²) in [6, 6.07) is 22.4. The highest BCUT2D eigenvalue weighted by atomic mass is 16.5. The van der Waals surface area contributed by atoms with E-state index in [4.69, 9.17) is 4.74 Å². The summed E-state index contributed by atoms with van der Waals surface area (Å²) in [6.45, 7) is 3.04. The number of hydrogen-bond acceptors (Lipinski definition) is 4. The van der Waals surface area contributed by atoms with E-state index >= 15 is 0 Å². The first-order chi connectivity index (χ1) is 16.2. The summed E-state index contributed by atoms with van der Waals surface area (Å²) in [5, 5.41) is 2.11. The number of nitrogens with one attached hydrogen (secondary N) is 1. The van der Waals surface area contributed by atoms with Gasteiger partial charge in [-0.25, -0.2) is 4.98 Å². The average molecular weight is 441 g/mol. The largest absolute Gasteiger partial charge is 0.497 e. The molecule has 1 atom stereocenters. The zero-order chi connectivity index (χ0) is 22.6. The molecule has 3 aromatic carbocycles. The van der Waals surface area contributed by atoms with Gasteiger partial charge in [0, 0.05) is 37.9 Å². The molecule has 1 fully saturated rings. The first-order valence-corrected chi connectivity index (χ1v) is 11.4. The summed E-state index contributed by atoms with van der Waals surface area (Å²) in [5.74, 6) is 0.970. The predicted molar refractivity (Wildman–Crippen MR) is 129 cm³/mol. The van der Waals surface area contributed by atoms with Gasteiger partial charge in [0.1, 0.15) is 5.75 Å². The van der Waals surface area contributed by atoms with Crippen molar-refractivity contribution in [3.05, 3.63) is 96.1 Å². The number of carbonyl (C=O) groups is 1. The van der Waals surface area contributed by atoms with Crippen LogP contribution in [0.15, 0.2) is 79.3 Å². The van der Waals surface area contributed by atoms with Crippen LogP contribution in [0, 0.1) is 0 Å². The Bertz CT molecular complexity index is 1210. The molecule has 1 saturated heterocycles. The van der Waals surface area contributed by atoms with Gasteiger partial charge in [0.2, 0.25) is 0 Å². The van der Waals surface area contributed by atoms with Crippen molar-refractivity contribution in [2.75, 3.05) is 33.3 Å². The van der Waals surface area contributed by atoms with E-state index in [2.05, 4.69) is 39.1 Å². The van der Waals surface area contributed by atoms with Crippen molar-refractivity contribution >= 4 is 16.7 Å². The number of aromatic nitrogens is 2. The van der Waals surface area contributed by atoms with Gasteiger partial charge >= 0.3 is 0 Å². The van der Waals surface area contributed by atoms with Crippen molar-refractivity contribution in [1.29, 1.82) is 0 Å². The standard InChI is InChI=1S/C27H28N4O2/c1-33-22-11-9-20(10-12-22)17-26(25-18-28-19-29-25)30-13-15-31(16-14-30)27(32)24-8-4-6-21-5-2-3-7-23(21)24/h2-12,18-19,26H,13-17H2,1H3,(H,28,29). The highest BCUT2D eigenvalue weighted by molar-refractivity contribution is 6.07.